The number of amides is 2. The van der Waals surface area contributed by atoms with Crippen molar-refractivity contribution in [3.8, 4) is 0 Å². The molecule has 2 rings (SSSR count). The Morgan fingerprint density at radius 3 is 2.29 bits per heavy atom. The molecule has 8 heteroatoms. The molecule has 0 spiro atoms. The van der Waals surface area contributed by atoms with Crippen LogP contribution in [-0.2, 0) is 26.2 Å². The molecule has 0 aliphatic carbocycles. The third-order valence-electron chi connectivity index (χ3n) is 6.12. The number of nitrogens with zero attached hydrogens (tertiary/aromatic N) is 2. The van der Waals surface area contributed by atoms with Gasteiger partial charge >= 0.3 is 0 Å². The Kier molecular flexibility index (Phi) is 10.8. The van der Waals surface area contributed by atoms with Crippen molar-refractivity contribution in [2.45, 2.75) is 66.0 Å². The highest BCUT2D eigenvalue weighted by atomic mass is 32.2. The molecule has 35 heavy (non-hydrogen) atoms. The van der Waals surface area contributed by atoms with Crippen molar-refractivity contribution in [2.75, 3.05) is 23.7 Å². The molecule has 0 saturated heterocycles. The first-order valence-electron chi connectivity index (χ1n) is 12.2. The number of hydrogen-bond donors (Lipinski definition) is 1. The van der Waals surface area contributed by atoms with Crippen molar-refractivity contribution in [3.05, 3.63) is 65.2 Å². The molecule has 2 aromatic rings. The van der Waals surface area contributed by atoms with Gasteiger partial charge in [0.1, 0.15) is 6.04 Å². The topological polar surface area (TPSA) is 86.8 Å². The van der Waals surface area contributed by atoms with E-state index in [2.05, 4.69) is 12.2 Å². The zero-order chi connectivity index (χ0) is 26.0. The number of nitrogens with one attached hydrogen (secondary N) is 1. The summed E-state index contributed by atoms with van der Waals surface area (Å²) in [5.74, 6) is -0.365. The van der Waals surface area contributed by atoms with E-state index in [1.54, 1.807) is 17.9 Å². The van der Waals surface area contributed by atoms with E-state index >= 15 is 0 Å². The fourth-order valence-electron chi connectivity index (χ4n) is 3.78. The molecule has 0 fully saturated rings. The molecule has 0 aromatic heterocycles. The molecule has 0 aliphatic heterocycles. The van der Waals surface area contributed by atoms with Crippen LogP contribution in [0.2, 0.25) is 0 Å². The highest BCUT2D eigenvalue weighted by Gasteiger charge is 2.26. The molecule has 7 nitrogen and oxygen atoms in total. The summed E-state index contributed by atoms with van der Waals surface area (Å²) in [6, 6.07) is 14.5. The van der Waals surface area contributed by atoms with Crippen molar-refractivity contribution in [2.24, 2.45) is 0 Å². The van der Waals surface area contributed by atoms with Crippen molar-refractivity contribution < 1.29 is 18.0 Å². The lowest BCUT2D eigenvalue weighted by molar-refractivity contribution is -0.140. The van der Waals surface area contributed by atoms with Crippen LogP contribution in [0.3, 0.4) is 0 Å². The van der Waals surface area contributed by atoms with Gasteiger partial charge in [-0.1, -0.05) is 49.7 Å². The lowest BCUT2D eigenvalue weighted by Crippen LogP contribution is -2.47. The first-order valence-corrected chi connectivity index (χ1v) is 14.1. The fourth-order valence-corrected chi connectivity index (χ4v) is 4.74. The highest BCUT2D eigenvalue weighted by molar-refractivity contribution is 7.92. The Morgan fingerprint density at radius 1 is 1.00 bits per heavy atom. The van der Waals surface area contributed by atoms with Crippen molar-refractivity contribution in [1.82, 2.24) is 10.2 Å². The number of benzene rings is 2. The number of hydrogen-bond acceptors (Lipinski definition) is 4. The summed E-state index contributed by atoms with van der Waals surface area (Å²) in [6.07, 6.45) is 3.50. The second-order valence-electron chi connectivity index (χ2n) is 9.04. The lowest BCUT2D eigenvalue weighted by atomic mass is 10.1. The van der Waals surface area contributed by atoms with Gasteiger partial charge in [-0.25, -0.2) is 8.42 Å². The Hall–Kier alpha value is -2.87. The normalized spacial score (nSPS) is 12.1. The SMILES string of the molecule is CCCCNC(=O)[C@@H](C)N(Cc1ccccc1)C(=O)CCCN(c1ccc(C)c(C)c1)S(C)(=O)=O. The standard InChI is InChI=1S/C27H39N3O4S/c1-6-7-17-28-27(32)23(4)29(20-24-12-9-8-10-13-24)26(31)14-11-18-30(35(5,33)34)25-16-15-21(2)22(3)19-25/h8-10,12-13,15-16,19,23H,6-7,11,14,17-18,20H2,1-5H3,(H,28,32)/t23-/m1/s1. The zero-order valence-corrected chi connectivity index (χ0v) is 22.4. The molecule has 0 radical (unpaired) electrons. The van der Waals surface area contributed by atoms with Gasteiger partial charge in [0.2, 0.25) is 21.8 Å². The van der Waals surface area contributed by atoms with E-state index in [9.17, 15) is 18.0 Å². The summed E-state index contributed by atoms with van der Waals surface area (Å²) in [4.78, 5) is 27.6. The zero-order valence-electron chi connectivity index (χ0n) is 21.6. The maximum atomic E-state index is 13.3. The number of anilines is 1. The van der Waals surface area contributed by atoms with Gasteiger partial charge < -0.3 is 10.2 Å². The second-order valence-corrected chi connectivity index (χ2v) is 10.9. The van der Waals surface area contributed by atoms with Gasteiger partial charge in [-0.3, -0.25) is 13.9 Å². The van der Waals surface area contributed by atoms with Gasteiger partial charge in [-0.2, -0.15) is 0 Å². The van der Waals surface area contributed by atoms with Gasteiger partial charge in [-0.05, 0) is 62.4 Å². The third-order valence-corrected chi connectivity index (χ3v) is 7.32. The molecule has 1 N–H and O–H groups in total. The lowest BCUT2D eigenvalue weighted by Gasteiger charge is -2.29. The van der Waals surface area contributed by atoms with Crippen LogP contribution >= 0.6 is 0 Å². The molecule has 1 atom stereocenters. The maximum absolute atomic E-state index is 13.3. The molecule has 0 heterocycles. The van der Waals surface area contributed by atoms with Crippen LogP contribution in [0, 0.1) is 13.8 Å². The number of aryl methyl sites for hydroxylation is 2. The Morgan fingerprint density at radius 2 is 1.69 bits per heavy atom. The van der Waals surface area contributed by atoms with Gasteiger partial charge in [0.05, 0.1) is 11.9 Å². The quantitative estimate of drug-likeness (QED) is 0.417. The minimum Gasteiger partial charge on any atom is -0.354 e. The van der Waals surface area contributed by atoms with Crippen LogP contribution in [0.5, 0.6) is 0 Å². The number of rotatable bonds is 13. The van der Waals surface area contributed by atoms with E-state index in [1.807, 2.05) is 56.3 Å². The summed E-state index contributed by atoms with van der Waals surface area (Å²) in [7, 11) is -3.51. The first-order chi connectivity index (χ1) is 16.5. The molecule has 0 saturated carbocycles. The smallest absolute Gasteiger partial charge is 0.242 e. The molecule has 0 unspecified atom stereocenters. The Bertz CT molecular complexity index is 1090. The number of carbonyl (C=O) groups is 2. The van der Waals surface area contributed by atoms with Crippen LogP contribution in [0.15, 0.2) is 48.5 Å². The van der Waals surface area contributed by atoms with E-state index in [0.29, 0.717) is 25.2 Å². The van der Waals surface area contributed by atoms with Gasteiger partial charge in [-0.15, -0.1) is 0 Å². The van der Waals surface area contributed by atoms with E-state index in [4.69, 9.17) is 0 Å². The van der Waals surface area contributed by atoms with E-state index in [-0.39, 0.29) is 24.8 Å². The summed E-state index contributed by atoms with van der Waals surface area (Å²) >= 11 is 0. The summed E-state index contributed by atoms with van der Waals surface area (Å²) in [5, 5.41) is 2.91. The van der Waals surface area contributed by atoms with Crippen LogP contribution in [-0.4, -0.2) is 50.5 Å². The molecule has 2 aromatic carbocycles. The summed E-state index contributed by atoms with van der Waals surface area (Å²) in [5.41, 5.74) is 3.61. The van der Waals surface area contributed by atoms with E-state index < -0.39 is 16.1 Å². The molecule has 0 aliphatic rings. The molecular weight excluding hydrogens is 462 g/mol. The van der Waals surface area contributed by atoms with Gasteiger partial charge in [0.15, 0.2) is 0 Å². The summed E-state index contributed by atoms with van der Waals surface area (Å²) < 4.78 is 26.3. The van der Waals surface area contributed by atoms with Crippen LogP contribution < -0.4 is 9.62 Å². The third kappa shape index (κ3) is 8.69. The number of unbranched alkanes of at least 4 members (excludes halogenated alkanes) is 1. The largest absolute Gasteiger partial charge is 0.354 e. The average molecular weight is 502 g/mol. The van der Waals surface area contributed by atoms with E-state index in [0.717, 1.165) is 29.5 Å². The van der Waals surface area contributed by atoms with E-state index in [1.165, 1.54) is 10.6 Å². The maximum Gasteiger partial charge on any atom is 0.242 e. The van der Waals surface area contributed by atoms with Crippen molar-refractivity contribution in [1.29, 1.82) is 0 Å². The Labute approximate surface area is 210 Å². The predicted molar refractivity (Wildman–Crippen MR) is 142 cm³/mol. The monoisotopic (exact) mass is 501 g/mol. The predicted octanol–water partition coefficient (Wildman–Crippen LogP) is 4.18. The minimum atomic E-state index is -3.51. The van der Waals surface area contributed by atoms with Crippen LogP contribution in [0.25, 0.3) is 0 Å². The molecular formula is C27H39N3O4S. The second kappa shape index (κ2) is 13.3. The Balaban J connectivity index is 2.13. The van der Waals surface area contributed by atoms with Crippen LogP contribution in [0.1, 0.15) is 56.2 Å². The van der Waals surface area contributed by atoms with Crippen molar-refractivity contribution in [3.63, 3.8) is 0 Å². The minimum absolute atomic E-state index is 0.135. The highest BCUT2D eigenvalue weighted by Crippen LogP contribution is 2.22. The van der Waals surface area contributed by atoms with Crippen molar-refractivity contribution >= 4 is 27.5 Å². The fraction of sp³-hybridized carbons (Fsp3) is 0.481. The average Bonchev–Trinajstić information content (AvgIpc) is 2.81. The number of sulfonamides is 1. The summed E-state index contributed by atoms with van der Waals surface area (Å²) in [6.45, 7) is 8.78. The molecule has 192 valence electrons. The van der Waals surface area contributed by atoms with Gasteiger partial charge in [0, 0.05) is 26.1 Å². The molecule has 0 bridgehead atoms. The molecule has 2 amide bonds. The van der Waals surface area contributed by atoms with Crippen LogP contribution in [0.4, 0.5) is 5.69 Å². The first kappa shape index (κ1) is 28.4. The number of carbonyl (C=O) groups excluding carboxylic acids is 2. The van der Waals surface area contributed by atoms with Gasteiger partial charge in [0.25, 0.3) is 0 Å².